The first-order valence-electron chi connectivity index (χ1n) is 17.3. The lowest BCUT2D eigenvalue weighted by Gasteiger charge is -2.37. The summed E-state index contributed by atoms with van der Waals surface area (Å²) in [4.78, 5) is 17.1. The molecule has 1 saturated carbocycles. The van der Waals surface area contributed by atoms with Crippen molar-refractivity contribution in [1.82, 2.24) is 9.62 Å². The van der Waals surface area contributed by atoms with Gasteiger partial charge in [-0.3, -0.25) is 9.80 Å². The number of aliphatic hydroxyl groups excluding tert-OH is 1. The van der Waals surface area contributed by atoms with Crippen molar-refractivity contribution in [3.63, 3.8) is 0 Å². The number of aliphatic hydroxyl groups is 1. The molecule has 1 aliphatic carbocycles. The molecule has 0 unspecified atom stereocenters. The van der Waals surface area contributed by atoms with Crippen LogP contribution in [0, 0.1) is 5.82 Å². The maximum atomic E-state index is 13.7. The highest BCUT2D eigenvalue weighted by Crippen LogP contribution is 2.47. The highest BCUT2D eigenvalue weighted by atomic mass is 32.2. The number of halogens is 1. The van der Waals surface area contributed by atoms with Crippen LogP contribution in [0.4, 0.5) is 14.9 Å². The van der Waals surface area contributed by atoms with E-state index in [1.807, 2.05) is 19.1 Å². The molecule has 0 atom stereocenters. The van der Waals surface area contributed by atoms with Crippen LogP contribution in [0.5, 0.6) is 5.75 Å². The van der Waals surface area contributed by atoms with Crippen LogP contribution in [0.3, 0.4) is 0 Å². The minimum atomic E-state index is -3.76. The maximum absolute atomic E-state index is 13.7. The fourth-order valence-electron chi connectivity index (χ4n) is 6.63. The second-order valence-electron chi connectivity index (χ2n) is 13.0. The monoisotopic (exact) mass is 711 g/mol. The second-order valence-corrected chi connectivity index (χ2v) is 14.8. The van der Waals surface area contributed by atoms with Gasteiger partial charge in [0.2, 0.25) is 10.0 Å². The lowest BCUT2D eigenvalue weighted by Crippen LogP contribution is -2.46. The normalized spacial score (nSPS) is 17.7. The summed E-state index contributed by atoms with van der Waals surface area (Å²) in [5.74, 6) is 1.08. The Morgan fingerprint density at radius 3 is 2.34 bits per heavy atom. The van der Waals surface area contributed by atoms with Gasteiger partial charge >= 0.3 is 6.09 Å². The van der Waals surface area contributed by atoms with Crippen molar-refractivity contribution in [1.29, 1.82) is 0 Å². The van der Waals surface area contributed by atoms with E-state index in [4.69, 9.17) is 24.1 Å². The van der Waals surface area contributed by atoms with Crippen LogP contribution in [-0.4, -0.2) is 95.9 Å². The average Bonchev–Trinajstić information content (AvgIpc) is 3.91. The number of carbonyl (C=O) groups is 1. The van der Waals surface area contributed by atoms with Crippen LogP contribution in [0.2, 0.25) is 0 Å². The van der Waals surface area contributed by atoms with Gasteiger partial charge in [-0.1, -0.05) is 12.1 Å². The van der Waals surface area contributed by atoms with E-state index >= 15 is 0 Å². The number of hydrogen-bond acceptors (Lipinski definition) is 9. The van der Waals surface area contributed by atoms with E-state index < -0.39 is 21.7 Å². The van der Waals surface area contributed by atoms with Gasteiger partial charge in [-0.2, -0.15) is 0 Å². The van der Waals surface area contributed by atoms with E-state index in [2.05, 4.69) is 21.8 Å². The molecule has 2 saturated heterocycles. The summed E-state index contributed by atoms with van der Waals surface area (Å²) in [6.45, 7) is 6.16. The standard InChI is InChI=1S/C37H46FN3O8S/c1-2-48-35-24-34(28-5-7-30(38)8-6-28)33(27-3-4-27)23-29(35)25-40-16-13-37(14-17-40)26-41(36(43)49-37)31-9-11-32(12-10-31)50(44,45)39-15-19-46-21-22-47-20-18-42/h5-12,23-24,27,39,42H,2-4,13-22,25-26H2,1H3. The highest BCUT2D eigenvalue weighted by Gasteiger charge is 2.47. The van der Waals surface area contributed by atoms with Gasteiger partial charge in [0.1, 0.15) is 17.2 Å². The number of benzene rings is 3. The molecule has 2 aliphatic heterocycles. The number of likely N-dealkylation sites (tertiary alicyclic amines) is 1. The number of nitrogens with zero attached hydrogens (tertiary/aromatic N) is 2. The van der Waals surface area contributed by atoms with E-state index in [-0.39, 0.29) is 37.1 Å². The van der Waals surface area contributed by atoms with Gasteiger partial charge < -0.3 is 24.1 Å². The quantitative estimate of drug-likeness (QED) is 0.185. The number of nitrogens with one attached hydrogen (secondary N) is 1. The number of ether oxygens (including phenoxy) is 4. The predicted octanol–water partition coefficient (Wildman–Crippen LogP) is 5.06. The molecular weight excluding hydrogens is 665 g/mol. The van der Waals surface area contributed by atoms with Gasteiger partial charge in [-0.05, 0) is 90.9 Å². The van der Waals surface area contributed by atoms with Crippen molar-refractivity contribution in [3.8, 4) is 16.9 Å². The highest BCUT2D eigenvalue weighted by molar-refractivity contribution is 7.89. The van der Waals surface area contributed by atoms with Gasteiger partial charge in [0, 0.05) is 50.3 Å². The number of anilines is 1. The molecule has 6 rings (SSSR count). The van der Waals surface area contributed by atoms with Gasteiger partial charge in [0.25, 0.3) is 0 Å². The zero-order valence-electron chi connectivity index (χ0n) is 28.4. The Morgan fingerprint density at radius 1 is 0.980 bits per heavy atom. The number of amides is 1. The average molecular weight is 712 g/mol. The van der Waals surface area contributed by atoms with Crippen molar-refractivity contribution in [2.75, 3.05) is 70.7 Å². The lowest BCUT2D eigenvalue weighted by atomic mass is 9.90. The number of rotatable bonds is 17. The molecule has 2 N–H and O–H groups in total. The van der Waals surface area contributed by atoms with Crippen molar-refractivity contribution < 1.29 is 41.7 Å². The molecule has 13 heteroatoms. The summed E-state index contributed by atoms with van der Waals surface area (Å²) >= 11 is 0. The zero-order chi connectivity index (χ0) is 35.1. The molecule has 11 nitrogen and oxygen atoms in total. The number of sulfonamides is 1. The van der Waals surface area contributed by atoms with Crippen LogP contribution in [0.1, 0.15) is 49.7 Å². The molecule has 270 valence electrons. The van der Waals surface area contributed by atoms with E-state index in [9.17, 15) is 17.6 Å². The number of hydrogen-bond donors (Lipinski definition) is 2. The molecule has 3 fully saturated rings. The Bertz CT molecular complexity index is 1710. The Kier molecular flexibility index (Phi) is 11.7. The van der Waals surface area contributed by atoms with Gasteiger partial charge in [-0.15, -0.1) is 0 Å². The molecule has 3 aromatic rings. The van der Waals surface area contributed by atoms with E-state index in [1.165, 1.54) is 29.8 Å². The molecule has 0 aromatic heterocycles. The van der Waals surface area contributed by atoms with Crippen molar-refractivity contribution in [2.24, 2.45) is 0 Å². The Balaban J connectivity index is 1.04. The molecule has 50 heavy (non-hydrogen) atoms. The van der Waals surface area contributed by atoms with Crippen LogP contribution in [-0.2, 0) is 30.8 Å². The van der Waals surface area contributed by atoms with E-state index in [0.717, 1.165) is 48.4 Å². The molecule has 0 bridgehead atoms. The Hall–Kier alpha value is -3.59. The molecule has 0 radical (unpaired) electrons. The maximum Gasteiger partial charge on any atom is 0.415 e. The lowest BCUT2D eigenvalue weighted by molar-refractivity contribution is -0.00111. The Labute approximate surface area is 293 Å². The van der Waals surface area contributed by atoms with Crippen LogP contribution < -0.4 is 14.4 Å². The smallest absolute Gasteiger partial charge is 0.415 e. The SMILES string of the molecule is CCOc1cc(-c2ccc(F)cc2)c(C2CC2)cc1CN1CCC2(CC1)CN(c1ccc(S(=O)(=O)NCCOCCOCCO)cc1)C(=O)O2. The number of piperidine rings is 1. The van der Waals surface area contributed by atoms with Crippen LogP contribution in [0.15, 0.2) is 65.6 Å². The van der Waals surface area contributed by atoms with Gasteiger partial charge in [0.05, 0.1) is 51.1 Å². The fraction of sp³-hybridized carbons (Fsp3) is 0.486. The second kappa shape index (κ2) is 16.2. The summed E-state index contributed by atoms with van der Waals surface area (Å²) in [5.41, 5.74) is 4.46. The third-order valence-electron chi connectivity index (χ3n) is 9.44. The summed E-state index contributed by atoms with van der Waals surface area (Å²) in [5, 5.41) is 8.70. The topological polar surface area (TPSA) is 127 Å². The van der Waals surface area contributed by atoms with Gasteiger partial charge in [-0.25, -0.2) is 22.3 Å². The summed E-state index contributed by atoms with van der Waals surface area (Å²) < 4.78 is 64.3. The fourth-order valence-corrected chi connectivity index (χ4v) is 7.65. The Morgan fingerprint density at radius 2 is 1.68 bits per heavy atom. The van der Waals surface area contributed by atoms with Crippen LogP contribution in [0.25, 0.3) is 11.1 Å². The third kappa shape index (κ3) is 8.82. The summed E-state index contributed by atoms with van der Waals surface area (Å²) in [6, 6.07) is 17.3. The summed E-state index contributed by atoms with van der Waals surface area (Å²) in [6.07, 6.45) is 3.20. The number of carbonyl (C=O) groups excluding carboxylic acids is 1. The van der Waals surface area contributed by atoms with Crippen molar-refractivity contribution in [3.05, 3.63) is 77.6 Å². The molecule has 3 aliphatic rings. The van der Waals surface area contributed by atoms with E-state index in [1.54, 1.807) is 17.0 Å². The van der Waals surface area contributed by atoms with E-state index in [0.29, 0.717) is 57.4 Å². The van der Waals surface area contributed by atoms with Crippen molar-refractivity contribution >= 4 is 21.8 Å². The molecule has 1 amide bonds. The molecular formula is C37H46FN3O8S. The first-order valence-corrected chi connectivity index (χ1v) is 18.8. The summed E-state index contributed by atoms with van der Waals surface area (Å²) in [7, 11) is -3.76. The minimum absolute atomic E-state index is 0.0618. The van der Waals surface area contributed by atoms with Crippen molar-refractivity contribution in [2.45, 2.75) is 55.6 Å². The molecule has 3 aromatic carbocycles. The van der Waals surface area contributed by atoms with Gasteiger partial charge in [0.15, 0.2) is 0 Å². The first kappa shape index (κ1) is 36.2. The largest absolute Gasteiger partial charge is 0.494 e. The zero-order valence-corrected chi connectivity index (χ0v) is 29.3. The molecule has 1 spiro atoms. The third-order valence-corrected chi connectivity index (χ3v) is 10.9. The molecule has 2 heterocycles. The minimum Gasteiger partial charge on any atom is -0.494 e. The first-order chi connectivity index (χ1) is 24.2. The van der Waals surface area contributed by atoms with Crippen LogP contribution >= 0.6 is 0 Å². The predicted molar refractivity (Wildman–Crippen MR) is 186 cm³/mol.